The Morgan fingerprint density at radius 2 is 1.71 bits per heavy atom. The lowest BCUT2D eigenvalue weighted by atomic mass is 9.85. The fourth-order valence-electron chi connectivity index (χ4n) is 4.46. The first-order valence-corrected chi connectivity index (χ1v) is 6.35. The molecule has 0 aromatic heterocycles. The normalized spacial score (nSPS) is 43.9. The lowest BCUT2D eigenvalue weighted by Crippen LogP contribution is -2.36. The molecule has 1 saturated heterocycles. The van der Waals surface area contributed by atoms with Crippen molar-refractivity contribution in [2.75, 3.05) is 13.2 Å². The average Bonchev–Trinajstić information content (AvgIpc) is 2.93. The van der Waals surface area contributed by atoms with E-state index in [1.165, 1.54) is 17.7 Å². The Hall–Kier alpha value is -1.16. The second-order valence-electron chi connectivity index (χ2n) is 5.77. The first kappa shape index (κ1) is 9.83. The third-order valence-electron chi connectivity index (χ3n) is 5.27. The van der Waals surface area contributed by atoms with Gasteiger partial charge in [-0.05, 0) is 30.1 Å². The number of hydrogen-bond acceptors (Lipinski definition) is 3. The number of aliphatic hydroxyl groups excluding tert-OH is 1. The van der Waals surface area contributed by atoms with Crippen molar-refractivity contribution in [3.8, 4) is 0 Å². The van der Waals surface area contributed by atoms with E-state index in [-0.39, 0.29) is 54.1 Å². The lowest BCUT2D eigenvalue weighted by Gasteiger charge is -2.20. The van der Waals surface area contributed by atoms with Gasteiger partial charge >= 0.3 is 0 Å². The molecule has 4 rings (SSSR count). The van der Waals surface area contributed by atoms with Gasteiger partial charge in [-0.1, -0.05) is 12.2 Å². The van der Waals surface area contributed by atoms with Gasteiger partial charge in [0.05, 0.1) is 25.0 Å². The maximum Gasteiger partial charge on any atom is 0.233 e. The van der Waals surface area contributed by atoms with E-state index in [2.05, 4.69) is 12.2 Å². The van der Waals surface area contributed by atoms with Crippen molar-refractivity contribution >= 4 is 11.8 Å². The number of fused-ring (bicyclic) bond motifs is 3. The quantitative estimate of drug-likeness (QED) is 0.546. The standard InChI is InChI=1S/C13H15NO3/c15-6-5-14-11(16)9-7-1-2-8(10(9)12(14)17)13(7)3-4-13/h1-2,7-10,15H,3-6H2/t7-,8+,9-,10-/m0/s1. The molecule has 4 aliphatic rings. The van der Waals surface area contributed by atoms with Crippen LogP contribution in [0.5, 0.6) is 0 Å². The molecule has 1 heterocycles. The van der Waals surface area contributed by atoms with E-state index in [4.69, 9.17) is 5.11 Å². The van der Waals surface area contributed by atoms with Gasteiger partial charge in [-0.15, -0.1) is 0 Å². The molecule has 1 aliphatic heterocycles. The zero-order valence-corrected chi connectivity index (χ0v) is 9.50. The van der Waals surface area contributed by atoms with Crippen LogP contribution in [-0.4, -0.2) is 35.0 Å². The molecular formula is C13H15NO3. The number of hydrogen-bond donors (Lipinski definition) is 1. The van der Waals surface area contributed by atoms with E-state index in [1.807, 2.05) is 0 Å². The molecule has 4 nitrogen and oxygen atoms in total. The van der Waals surface area contributed by atoms with Crippen LogP contribution in [0.4, 0.5) is 0 Å². The first-order chi connectivity index (χ1) is 8.20. The van der Waals surface area contributed by atoms with E-state index in [0.29, 0.717) is 0 Å². The minimum absolute atomic E-state index is 0.0443. The van der Waals surface area contributed by atoms with Crippen molar-refractivity contribution in [3.63, 3.8) is 0 Å². The number of aliphatic hydroxyl groups is 1. The molecule has 0 aromatic carbocycles. The zero-order valence-electron chi connectivity index (χ0n) is 9.50. The average molecular weight is 233 g/mol. The number of allylic oxidation sites excluding steroid dienone is 2. The van der Waals surface area contributed by atoms with E-state index >= 15 is 0 Å². The summed E-state index contributed by atoms with van der Waals surface area (Å²) in [7, 11) is 0. The number of carbonyl (C=O) groups is 2. The van der Waals surface area contributed by atoms with Gasteiger partial charge < -0.3 is 5.11 Å². The topological polar surface area (TPSA) is 57.6 Å². The van der Waals surface area contributed by atoms with Gasteiger partial charge in [-0.25, -0.2) is 0 Å². The smallest absolute Gasteiger partial charge is 0.233 e. The van der Waals surface area contributed by atoms with Crippen molar-refractivity contribution in [3.05, 3.63) is 12.2 Å². The zero-order chi connectivity index (χ0) is 11.8. The molecule has 0 aromatic rings. The summed E-state index contributed by atoms with van der Waals surface area (Å²) in [4.78, 5) is 25.8. The first-order valence-electron chi connectivity index (χ1n) is 6.35. The number of nitrogens with zero attached hydrogens (tertiary/aromatic N) is 1. The molecule has 3 aliphatic carbocycles. The number of β-amino-alcohol motifs (C(OH)–C–C–N with tert-alkyl or cyclic N) is 1. The maximum atomic E-state index is 12.3. The van der Waals surface area contributed by atoms with Crippen LogP contribution in [0, 0.1) is 29.1 Å². The van der Waals surface area contributed by atoms with Gasteiger partial charge in [0, 0.05) is 0 Å². The largest absolute Gasteiger partial charge is 0.395 e. The molecular weight excluding hydrogens is 218 g/mol. The van der Waals surface area contributed by atoms with Gasteiger partial charge in [0.25, 0.3) is 0 Å². The Kier molecular flexibility index (Phi) is 1.62. The minimum Gasteiger partial charge on any atom is -0.395 e. The molecule has 1 spiro atoms. The van der Waals surface area contributed by atoms with Crippen molar-refractivity contribution in [1.82, 2.24) is 4.90 Å². The molecule has 0 radical (unpaired) electrons. The monoisotopic (exact) mass is 233 g/mol. The van der Waals surface area contributed by atoms with Crippen LogP contribution in [0.2, 0.25) is 0 Å². The highest BCUT2D eigenvalue weighted by molar-refractivity contribution is 6.06. The van der Waals surface area contributed by atoms with Crippen molar-refractivity contribution in [1.29, 1.82) is 0 Å². The Morgan fingerprint density at radius 3 is 2.12 bits per heavy atom. The molecule has 1 N–H and O–H groups in total. The van der Waals surface area contributed by atoms with Crippen LogP contribution >= 0.6 is 0 Å². The predicted octanol–water partition coefficient (Wildman–Crippen LogP) is 0.176. The van der Waals surface area contributed by atoms with Crippen molar-refractivity contribution < 1.29 is 14.7 Å². The van der Waals surface area contributed by atoms with Crippen LogP contribution < -0.4 is 0 Å². The maximum absolute atomic E-state index is 12.3. The molecule has 3 fully saturated rings. The van der Waals surface area contributed by atoms with Crippen LogP contribution in [0.15, 0.2) is 12.2 Å². The summed E-state index contributed by atoms with van der Waals surface area (Å²) < 4.78 is 0. The Balaban J connectivity index is 1.74. The molecule has 4 heteroatoms. The third-order valence-corrected chi connectivity index (χ3v) is 5.27. The molecule has 2 bridgehead atoms. The van der Waals surface area contributed by atoms with Gasteiger partial charge in [0.2, 0.25) is 11.8 Å². The van der Waals surface area contributed by atoms with E-state index in [0.717, 1.165) is 0 Å². The third kappa shape index (κ3) is 0.910. The highest BCUT2D eigenvalue weighted by Crippen LogP contribution is 2.73. The van der Waals surface area contributed by atoms with Crippen LogP contribution in [0.3, 0.4) is 0 Å². The van der Waals surface area contributed by atoms with E-state index in [9.17, 15) is 9.59 Å². The van der Waals surface area contributed by atoms with E-state index in [1.54, 1.807) is 0 Å². The van der Waals surface area contributed by atoms with Crippen LogP contribution in [-0.2, 0) is 9.59 Å². The summed E-state index contributed by atoms with van der Waals surface area (Å²) >= 11 is 0. The summed E-state index contributed by atoms with van der Waals surface area (Å²) in [6.45, 7) is 0.0297. The molecule has 4 atom stereocenters. The number of imide groups is 1. The Morgan fingerprint density at radius 1 is 1.18 bits per heavy atom. The fourth-order valence-corrected chi connectivity index (χ4v) is 4.46. The van der Waals surface area contributed by atoms with Gasteiger partial charge in [-0.3, -0.25) is 14.5 Å². The molecule has 17 heavy (non-hydrogen) atoms. The molecule has 0 unspecified atom stereocenters. The molecule has 2 amide bonds. The van der Waals surface area contributed by atoms with Crippen molar-refractivity contribution in [2.45, 2.75) is 12.8 Å². The number of rotatable bonds is 2. The summed E-state index contributed by atoms with van der Waals surface area (Å²) in [5, 5.41) is 8.93. The fraction of sp³-hybridized carbons (Fsp3) is 0.692. The Bertz CT molecular complexity index is 418. The van der Waals surface area contributed by atoms with Crippen LogP contribution in [0.1, 0.15) is 12.8 Å². The summed E-state index contributed by atoms with van der Waals surface area (Å²) in [6, 6.07) is 0. The second-order valence-corrected chi connectivity index (χ2v) is 5.77. The minimum atomic E-state index is -0.134. The van der Waals surface area contributed by atoms with Crippen molar-refractivity contribution in [2.24, 2.45) is 29.1 Å². The highest BCUT2D eigenvalue weighted by atomic mass is 16.3. The number of carbonyl (C=O) groups excluding carboxylic acids is 2. The summed E-state index contributed by atoms with van der Waals surface area (Å²) in [5.74, 6) is 0.253. The Labute approximate surface area is 99.3 Å². The summed E-state index contributed by atoms with van der Waals surface area (Å²) in [6.07, 6.45) is 6.66. The second kappa shape index (κ2) is 2.80. The van der Waals surface area contributed by atoms with Gasteiger partial charge in [0.15, 0.2) is 0 Å². The molecule has 90 valence electrons. The summed E-state index contributed by atoms with van der Waals surface area (Å²) in [5.41, 5.74) is 0.270. The van der Waals surface area contributed by atoms with Gasteiger partial charge in [0.1, 0.15) is 0 Å². The van der Waals surface area contributed by atoms with Gasteiger partial charge in [-0.2, -0.15) is 0 Å². The SMILES string of the molecule is O=C1[C@@H]2[C@@H](C(=O)N1CCO)[C@@H]1C=C[C@H]2C12CC2. The molecule has 2 saturated carbocycles. The lowest BCUT2D eigenvalue weighted by molar-refractivity contribution is -0.141. The van der Waals surface area contributed by atoms with E-state index < -0.39 is 0 Å². The number of amides is 2. The highest BCUT2D eigenvalue weighted by Gasteiger charge is 2.73. The van der Waals surface area contributed by atoms with Crippen LogP contribution in [0.25, 0.3) is 0 Å². The predicted molar refractivity (Wildman–Crippen MR) is 58.6 cm³/mol. The number of likely N-dealkylation sites (tertiary alicyclic amines) is 1.